The Hall–Kier alpha value is 1.53. The van der Waals surface area contributed by atoms with Crippen LogP contribution in [0.5, 0.6) is 0 Å². The van der Waals surface area contributed by atoms with Gasteiger partial charge in [0.25, 0.3) is 0 Å². The number of hydrogen-bond acceptors (Lipinski definition) is 2. The molecule has 20 valence electrons. The van der Waals surface area contributed by atoms with Crippen LogP contribution in [0.25, 0.3) is 0 Å². The summed E-state index contributed by atoms with van der Waals surface area (Å²) in [5.41, 5.74) is 0. The second-order valence-electron chi connectivity index (χ2n) is 0.0745. The first-order valence-corrected chi connectivity index (χ1v) is 2.19. The Bertz CT molecular complexity index is 13.5. The van der Waals surface area contributed by atoms with Crippen LogP contribution >= 0.6 is 0 Å². The molecule has 0 saturated heterocycles. The minimum absolute atomic E-state index is 0. The molecule has 0 saturated carbocycles. The smallest absolute Gasteiger partial charge is 0.797 e. The van der Waals surface area contributed by atoms with E-state index in [1.165, 1.54) is 0 Å². The fraction of sp³-hybridized carbons (Fsp3) is 0. The number of thiol groups is 1. The zero-order valence-corrected chi connectivity index (χ0v) is 5.97. The SMILES string of the molecule is [Na+].[O-][SH]=S. The molecule has 0 aromatic heterocycles. The zero-order valence-electron chi connectivity index (χ0n) is 2.26. The molecule has 0 unspecified atom stereocenters. The van der Waals surface area contributed by atoms with Crippen LogP contribution < -0.4 is 29.6 Å². The summed E-state index contributed by atoms with van der Waals surface area (Å²) < 4.78 is 8.72. The molecule has 0 atom stereocenters. The van der Waals surface area contributed by atoms with Gasteiger partial charge in [-0.1, -0.05) is 11.2 Å². The van der Waals surface area contributed by atoms with E-state index >= 15 is 0 Å². The Morgan fingerprint density at radius 1 is 1.75 bits per heavy atom. The molecular formula is HNaOS2. The van der Waals surface area contributed by atoms with Gasteiger partial charge < -0.3 is 4.55 Å². The van der Waals surface area contributed by atoms with Crippen molar-refractivity contribution in [2.24, 2.45) is 0 Å². The van der Waals surface area contributed by atoms with Crippen LogP contribution in [0.4, 0.5) is 0 Å². The summed E-state index contributed by atoms with van der Waals surface area (Å²) in [5.74, 6) is 0. The van der Waals surface area contributed by atoms with Crippen LogP contribution in [-0.2, 0) is 21.8 Å². The molecule has 0 N–H and O–H groups in total. The van der Waals surface area contributed by atoms with Gasteiger partial charge in [-0.2, -0.15) is 0 Å². The average Bonchev–Trinajstić information content (AvgIpc) is 0.918. The van der Waals surface area contributed by atoms with E-state index in [9.17, 15) is 0 Å². The molecular weight excluding hydrogens is 103 g/mol. The third-order valence-corrected chi connectivity index (χ3v) is 0. The fourth-order valence-electron chi connectivity index (χ4n) is 0. The topological polar surface area (TPSA) is 23.1 Å². The predicted octanol–water partition coefficient (Wildman–Crippen LogP) is -3.60. The first-order valence-electron chi connectivity index (χ1n) is 0.365. The maximum absolute atomic E-state index is 8.72. The quantitative estimate of drug-likeness (QED) is 0.253. The Morgan fingerprint density at radius 3 is 1.75 bits per heavy atom. The van der Waals surface area contributed by atoms with Crippen molar-refractivity contribution in [1.29, 1.82) is 0 Å². The molecule has 0 aromatic rings. The van der Waals surface area contributed by atoms with Gasteiger partial charge >= 0.3 is 29.6 Å². The molecule has 0 fully saturated rings. The molecule has 0 heterocycles. The number of rotatable bonds is 0. The first-order chi connectivity index (χ1) is 1.41. The molecule has 1 nitrogen and oxygen atoms in total. The van der Waals surface area contributed by atoms with Crippen LogP contribution in [0, 0.1) is 0 Å². The van der Waals surface area contributed by atoms with Crippen molar-refractivity contribution < 1.29 is 34.1 Å². The Kier molecular flexibility index (Phi) is 20.1. The van der Waals surface area contributed by atoms with Crippen LogP contribution in [0.15, 0.2) is 0 Å². The van der Waals surface area contributed by atoms with E-state index in [2.05, 4.69) is 11.2 Å². The van der Waals surface area contributed by atoms with Gasteiger partial charge in [0.15, 0.2) is 0 Å². The first kappa shape index (κ1) is 9.11. The van der Waals surface area contributed by atoms with Gasteiger partial charge in [-0.25, -0.2) is 10.6 Å². The van der Waals surface area contributed by atoms with Crippen molar-refractivity contribution in [3.63, 3.8) is 0 Å². The van der Waals surface area contributed by atoms with Gasteiger partial charge in [0.2, 0.25) is 0 Å². The van der Waals surface area contributed by atoms with Crippen molar-refractivity contribution >= 4 is 21.8 Å². The summed E-state index contributed by atoms with van der Waals surface area (Å²) in [6.45, 7) is 0. The fourth-order valence-corrected chi connectivity index (χ4v) is 0. The average molecular weight is 104 g/mol. The van der Waals surface area contributed by atoms with Gasteiger partial charge in [0.05, 0.1) is 0 Å². The van der Waals surface area contributed by atoms with Crippen LogP contribution in [-0.4, -0.2) is 4.55 Å². The van der Waals surface area contributed by atoms with Gasteiger partial charge in [-0.15, -0.1) is 0 Å². The molecule has 4 heteroatoms. The minimum atomic E-state index is -0.250. The van der Waals surface area contributed by atoms with Crippen molar-refractivity contribution in [2.75, 3.05) is 0 Å². The molecule has 0 aliphatic heterocycles. The van der Waals surface area contributed by atoms with Crippen molar-refractivity contribution in [3.05, 3.63) is 0 Å². The molecule has 0 amide bonds. The molecule has 0 aromatic carbocycles. The van der Waals surface area contributed by atoms with E-state index in [1.807, 2.05) is 0 Å². The van der Waals surface area contributed by atoms with E-state index in [-0.39, 0.29) is 40.2 Å². The van der Waals surface area contributed by atoms with Gasteiger partial charge in [0, 0.05) is 0 Å². The van der Waals surface area contributed by atoms with Crippen molar-refractivity contribution in [3.8, 4) is 0 Å². The van der Waals surface area contributed by atoms with Crippen LogP contribution in [0.2, 0.25) is 0 Å². The summed E-state index contributed by atoms with van der Waals surface area (Å²) >= 11 is 3.81. The summed E-state index contributed by atoms with van der Waals surface area (Å²) in [5, 5.41) is 0. The molecule has 0 bridgehead atoms. The molecule has 0 aliphatic rings. The van der Waals surface area contributed by atoms with E-state index in [0.717, 1.165) is 0 Å². The zero-order chi connectivity index (χ0) is 2.71. The number of hydrogen-bond donors (Lipinski definition) is 1. The second-order valence-corrected chi connectivity index (χ2v) is 0.671. The maximum Gasteiger partial charge on any atom is 1.00 e. The summed E-state index contributed by atoms with van der Waals surface area (Å²) in [6, 6.07) is 0. The van der Waals surface area contributed by atoms with E-state index in [4.69, 9.17) is 4.55 Å². The predicted molar refractivity (Wildman–Crippen MR) is 16.9 cm³/mol. The van der Waals surface area contributed by atoms with Gasteiger partial charge in [-0.05, 0) is 0 Å². The standard InChI is InChI=1S/Na.H2OS2/c;1-3-2/h;3H,(H,1,2)/q+1;/p-1. The molecule has 0 aliphatic carbocycles. The van der Waals surface area contributed by atoms with Gasteiger partial charge in [-0.3, -0.25) is 0 Å². The van der Waals surface area contributed by atoms with Crippen molar-refractivity contribution in [2.45, 2.75) is 0 Å². The Labute approximate surface area is 55.5 Å². The third-order valence-electron chi connectivity index (χ3n) is 0. The summed E-state index contributed by atoms with van der Waals surface area (Å²) in [7, 11) is -0.250. The normalized spacial score (nSPS) is 4.25. The van der Waals surface area contributed by atoms with Crippen LogP contribution in [0.3, 0.4) is 0 Å². The Morgan fingerprint density at radius 2 is 1.75 bits per heavy atom. The van der Waals surface area contributed by atoms with E-state index in [1.54, 1.807) is 0 Å². The van der Waals surface area contributed by atoms with E-state index in [0.29, 0.717) is 0 Å². The summed E-state index contributed by atoms with van der Waals surface area (Å²) in [4.78, 5) is 0. The second kappa shape index (κ2) is 8.82. The molecule has 0 spiro atoms. The van der Waals surface area contributed by atoms with E-state index < -0.39 is 0 Å². The monoisotopic (exact) mass is 104 g/mol. The summed E-state index contributed by atoms with van der Waals surface area (Å²) in [6.07, 6.45) is 0. The minimum Gasteiger partial charge on any atom is -0.797 e. The largest absolute Gasteiger partial charge is 1.00 e. The van der Waals surface area contributed by atoms with Crippen LogP contribution in [0.1, 0.15) is 0 Å². The van der Waals surface area contributed by atoms with Gasteiger partial charge in [0.1, 0.15) is 0 Å². The molecule has 0 radical (unpaired) electrons. The Balaban J connectivity index is 0. The third kappa shape index (κ3) is 9.65. The van der Waals surface area contributed by atoms with Crippen molar-refractivity contribution in [1.82, 2.24) is 0 Å². The molecule has 0 rings (SSSR count). The maximum atomic E-state index is 8.72. The molecule has 4 heavy (non-hydrogen) atoms.